The molecule has 0 aliphatic rings. The summed E-state index contributed by atoms with van der Waals surface area (Å²) in [7, 11) is -3.71. The van der Waals surface area contributed by atoms with Crippen molar-refractivity contribution in [2.24, 2.45) is 5.16 Å². The van der Waals surface area contributed by atoms with Gasteiger partial charge in [-0.15, -0.1) is 0 Å². The summed E-state index contributed by atoms with van der Waals surface area (Å²) in [5.74, 6) is -2.73. The molecule has 4 rings (SSSR count). The molecule has 0 heterocycles. The zero-order valence-corrected chi connectivity index (χ0v) is 30.8. The van der Waals surface area contributed by atoms with Crippen LogP contribution in [-0.4, -0.2) is 64.6 Å². The molecular weight excluding hydrogens is 745 g/mol. The minimum absolute atomic E-state index is 0.0343. The number of ether oxygens (including phenoxy) is 3. The highest BCUT2D eigenvalue weighted by Crippen LogP contribution is 2.33. The highest BCUT2D eigenvalue weighted by atomic mass is 35.5. The van der Waals surface area contributed by atoms with Crippen molar-refractivity contribution in [1.29, 1.82) is 0 Å². The lowest BCUT2D eigenvalue weighted by molar-refractivity contribution is -0.0685. The fourth-order valence-electron chi connectivity index (χ4n) is 4.44. The summed E-state index contributed by atoms with van der Waals surface area (Å²) >= 11 is 18.4. The highest BCUT2D eigenvalue weighted by molar-refractivity contribution is 7.87. The van der Waals surface area contributed by atoms with Gasteiger partial charge in [0.2, 0.25) is 0 Å². The van der Waals surface area contributed by atoms with Crippen LogP contribution in [0.4, 0.5) is 0 Å². The van der Waals surface area contributed by atoms with Gasteiger partial charge in [0.25, 0.3) is 10.1 Å². The van der Waals surface area contributed by atoms with Crippen LogP contribution in [0, 0.1) is 20.8 Å². The molecule has 4 aromatic carbocycles. The summed E-state index contributed by atoms with van der Waals surface area (Å²) in [6, 6.07) is 21.0. The molecule has 0 saturated heterocycles. The minimum Gasteiger partial charge on any atom is -0.459 e. The number of aryl methyl sites for hydroxylation is 3. The van der Waals surface area contributed by atoms with Crippen molar-refractivity contribution in [2.45, 2.75) is 44.0 Å². The summed E-state index contributed by atoms with van der Waals surface area (Å²) in [4.78, 5) is 44.4. The number of carbonyl (C=O) groups is 3. The Labute approximate surface area is 310 Å². The molecule has 11 nitrogen and oxygen atoms in total. The van der Waals surface area contributed by atoms with Crippen LogP contribution in [0.5, 0.6) is 0 Å². The molecule has 0 spiro atoms. The van der Waals surface area contributed by atoms with E-state index in [4.69, 9.17) is 58.0 Å². The maximum Gasteiger partial charge on any atom is 0.338 e. The Morgan fingerprint density at radius 2 is 1.14 bits per heavy atom. The zero-order valence-electron chi connectivity index (χ0n) is 27.7. The van der Waals surface area contributed by atoms with Gasteiger partial charge in [0.05, 0.1) is 38.0 Å². The first-order valence-electron chi connectivity index (χ1n) is 15.1. The van der Waals surface area contributed by atoms with Crippen LogP contribution in [0.1, 0.15) is 47.8 Å². The third kappa shape index (κ3) is 10.8. The molecule has 268 valence electrons. The summed E-state index contributed by atoms with van der Waals surface area (Å²) in [5, 5.41) is 3.16. The summed E-state index contributed by atoms with van der Waals surface area (Å²) in [5.41, 5.74) is 2.88. The third-order valence-corrected chi connectivity index (χ3v) is 9.75. The number of hydrogen-bond donors (Lipinski definition) is 0. The topological polar surface area (TPSA) is 144 Å². The number of esters is 3. The number of halogens is 3. The molecule has 0 amide bonds. The van der Waals surface area contributed by atoms with E-state index >= 15 is 0 Å². The van der Waals surface area contributed by atoms with E-state index in [0.29, 0.717) is 0 Å². The van der Waals surface area contributed by atoms with Crippen molar-refractivity contribution in [3.63, 3.8) is 0 Å². The number of carbonyl (C=O) groups excluding carboxylic acids is 3. The molecule has 4 aromatic rings. The zero-order chi connectivity index (χ0) is 37.3. The Balaban J connectivity index is 1.82. The Morgan fingerprint density at radius 1 is 0.686 bits per heavy atom. The normalized spacial score (nSPS) is 13.2. The van der Waals surface area contributed by atoms with Gasteiger partial charge in [-0.2, -0.15) is 8.42 Å². The Kier molecular flexibility index (Phi) is 13.6. The summed E-state index contributed by atoms with van der Waals surface area (Å²) in [6.07, 6.45) is -4.47. The molecule has 0 aliphatic heterocycles. The first kappa shape index (κ1) is 39.3. The molecular formula is C36H32Cl3NO10S. The van der Waals surface area contributed by atoms with Gasteiger partial charge in [0, 0.05) is 0 Å². The molecule has 0 radical (unpaired) electrons. The van der Waals surface area contributed by atoms with Crippen LogP contribution in [-0.2, 0) is 33.3 Å². The van der Waals surface area contributed by atoms with E-state index in [1.165, 1.54) is 43.5 Å². The predicted molar refractivity (Wildman–Crippen MR) is 191 cm³/mol. The molecule has 0 saturated carbocycles. The Bertz CT molecular complexity index is 2000. The van der Waals surface area contributed by atoms with Gasteiger partial charge in [-0.1, -0.05) is 93.0 Å². The number of benzene rings is 4. The van der Waals surface area contributed by atoms with Crippen LogP contribution >= 0.6 is 34.8 Å². The third-order valence-electron chi connectivity index (χ3n) is 7.22. The summed E-state index contributed by atoms with van der Waals surface area (Å²) in [6.45, 7) is 4.61. The predicted octanol–water partition coefficient (Wildman–Crippen LogP) is 7.59. The summed E-state index contributed by atoms with van der Waals surface area (Å²) < 4.78 is 50.4. The van der Waals surface area contributed by atoms with Gasteiger partial charge in [0.1, 0.15) is 18.6 Å². The lowest BCUT2D eigenvalue weighted by atomic mass is 10.1. The maximum absolute atomic E-state index is 13.8. The smallest absolute Gasteiger partial charge is 0.338 e. The van der Waals surface area contributed by atoms with Crippen molar-refractivity contribution in [1.82, 2.24) is 0 Å². The van der Waals surface area contributed by atoms with E-state index in [1.807, 2.05) is 20.8 Å². The fourth-order valence-corrected chi connectivity index (χ4v) is 6.49. The number of nitrogens with zero attached hydrogens (tertiary/aromatic N) is 1. The molecule has 0 aliphatic carbocycles. The molecule has 3 atom stereocenters. The van der Waals surface area contributed by atoms with Crippen molar-refractivity contribution in [3.05, 3.63) is 133 Å². The van der Waals surface area contributed by atoms with Gasteiger partial charge in [-0.25, -0.2) is 14.4 Å². The average molecular weight is 777 g/mol. The molecule has 0 fully saturated rings. The van der Waals surface area contributed by atoms with Crippen molar-refractivity contribution < 1.29 is 46.0 Å². The average Bonchev–Trinajstić information content (AvgIpc) is 3.09. The molecule has 15 heteroatoms. The van der Waals surface area contributed by atoms with Crippen LogP contribution in [0.15, 0.2) is 95.0 Å². The first-order valence-corrected chi connectivity index (χ1v) is 17.7. The quantitative estimate of drug-likeness (QED) is 0.0314. The fraction of sp³-hybridized carbons (Fsp3) is 0.222. The lowest BCUT2D eigenvalue weighted by Gasteiger charge is -2.30. The minimum atomic E-state index is -4.91. The van der Waals surface area contributed by atoms with Crippen molar-refractivity contribution >= 4 is 69.0 Å². The molecule has 3 unspecified atom stereocenters. The van der Waals surface area contributed by atoms with Gasteiger partial charge < -0.3 is 19.0 Å². The van der Waals surface area contributed by atoms with Crippen LogP contribution in [0.25, 0.3) is 0 Å². The SMILES string of the molecule is CON=CC(OC(=O)c1ccc(C)cc1)C(OC(=O)c1ccc(C)cc1)C(COC(=O)c1ccc(C)cc1)OS(=O)(=O)c1cc(Cl)c(Cl)cc1Cl. The highest BCUT2D eigenvalue weighted by Gasteiger charge is 2.41. The standard InChI is InChI=1S/C36H32Cl3NO10S/c1-21-5-11-24(12-6-21)34(41)47-20-31(50-51(44,45)32-18-28(38)27(37)17-29(32)39)33(49-36(43)26-15-9-23(3)10-16-26)30(19-40-46-4)48-35(42)25-13-7-22(2)8-14-25/h5-19,30-31,33H,20H2,1-4H3. The second-order valence-electron chi connectivity index (χ2n) is 11.2. The monoisotopic (exact) mass is 775 g/mol. The Morgan fingerprint density at radius 3 is 1.63 bits per heavy atom. The second kappa shape index (κ2) is 17.7. The van der Waals surface area contributed by atoms with Crippen LogP contribution < -0.4 is 0 Å². The first-order chi connectivity index (χ1) is 24.2. The van der Waals surface area contributed by atoms with Gasteiger partial charge in [0.15, 0.2) is 18.3 Å². The van der Waals surface area contributed by atoms with E-state index < -0.39 is 57.8 Å². The number of oxime groups is 1. The number of rotatable bonds is 14. The molecule has 0 N–H and O–H groups in total. The van der Waals surface area contributed by atoms with Gasteiger partial charge in [-0.05, 0) is 69.3 Å². The van der Waals surface area contributed by atoms with Crippen molar-refractivity contribution in [3.8, 4) is 0 Å². The van der Waals surface area contributed by atoms with Crippen LogP contribution in [0.3, 0.4) is 0 Å². The number of hydrogen-bond acceptors (Lipinski definition) is 11. The van der Waals surface area contributed by atoms with E-state index in [2.05, 4.69) is 5.16 Å². The molecule has 0 aromatic heterocycles. The maximum atomic E-state index is 13.8. The second-order valence-corrected chi connectivity index (χ2v) is 13.9. The van der Waals surface area contributed by atoms with Gasteiger partial charge >= 0.3 is 17.9 Å². The lowest BCUT2D eigenvalue weighted by Crippen LogP contribution is -2.48. The Hall–Kier alpha value is -4.46. The van der Waals surface area contributed by atoms with E-state index in [-0.39, 0.29) is 31.8 Å². The van der Waals surface area contributed by atoms with Gasteiger partial charge in [-0.3, -0.25) is 4.18 Å². The largest absolute Gasteiger partial charge is 0.459 e. The molecule has 0 bridgehead atoms. The molecule has 51 heavy (non-hydrogen) atoms. The van der Waals surface area contributed by atoms with Crippen LogP contribution in [0.2, 0.25) is 15.1 Å². The van der Waals surface area contributed by atoms with E-state index in [9.17, 15) is 22.8 Å². The van der Waals surface area contributed by atoms with Crippen molar-refractivity contribution in [2.75, 3.05) is 13.7 Å². The van der Waals surface area contributed by atoms with E-state index in [0.717, 1.165) is 35.0 Å². The van der Waals surface area contributed by atoms with E-state index in [1.54, 1.807) is 36.4 Å².